The molecule has 274 valence electrons. The van der Waals surface area contributed by atoms with E-state index in [9.17, 15) is 0 Å². The van der Waals surface area contributed by atoms with Crippen LogP contribution in [0.5, 0.6) is 0 Å². The van der Waals surface area contributed by atoms with E-state index in [1.807, 2.05) is 0 Å². The molecular weight excluding hydrogens is 677 g/mol. The first-order chi connectivity index (χ1) is 27.7. The molecule has 1 fully saturated rings. The second kappa shape index (κ2) is 16.2. The lowest BCUT2D eigenvalue weighted by molar-refractivity contribution is 0.346. The highest BCUT2D eigenvalue weighted by Gasteiger charge is 2.36. The van der Waals surface area contributed by atoms with Gasteiger partial charge in [0.2, 0.25) is 0 Å². The summed E-state index contributed by atoms with van der Waals surface area (Å²) < 4.78 is 0. The predicted molar refractivity (Wildman–Crippen MR) is 238 cm³/mol. The minimum Gasteiger partial charge on any atom is -0.311 e. The molecule has 0 atom stereocenters. The van der Waals surface area contributed by atoms with E-state index in [4.69, 9.17) is 0 Å². The molecule has 0 heterocycles. The van der Waals surface area contributed by atoms with Gasteiger partial charge in [0.25, 0.3) is 0 Å². The van der Waals surface area contributed by atoms with Crippen LogP contribution in [0, 0.1) is 0 Å². The van der Waals surface area contributed by atoms with Crippen molar-refractivity contribution in [2.45, 2.75) is 50.4 Å². The van der Waals surface area contributed by atoms with Gasteiger partial charge in [0.15, 0.2) is 0 Å². The van der Waals surface area contributed by atoms with Gasteiger partial charge in [-0.1, -0.05) is 153 Å². The average molecular weight is 725 g/mol. The topological polar surface area (TPSA) is 6.48 Å². The summed E-state index contributed by atoms with van der Waals surface area (Å²) in [5.41, 5.74) is 14.8. The van der Waals surface area contributed by atoms with E-state index in [1.54, 1.807) is 0 Å². The van der Waals surface area contributed by atoms with Gasteiger partial charge in [-0.15, -0.1) is 0 Å². The van der Waals surface area contributed by atoms with Crippen LogP contribution in [0.1, 0.15) is 61.6 Å². The largest absolute Gasteiger partial charge is 0.311 e. The van der Waals surface area contributed by atoms with Gasteiger partial charge in [-0.2, -0.15) is 0 Å². The third kappa shape index (κ3) is 7.23. The van der Waals surface area contributed by atoms with Crippen LogP contribution in [0.15, 0.2) is 206 Å². The zero-order valence-electron chi connectivity index (χ0n) is 32.0. The van der Waals surface area contributed by atoms with Crippen molar-refractivity contribution in [2.75, 3.05) is 9.80 Å². The Bertz CT molecular complexity index is 2390. The molecule has 0 N–H and O–H groups in total. The molecule has 2 aliphatic rings. The van der Waals surface area contributed by atoms with Gasteiger partial charge in [-0.25, -0.2) is 0 Å². The van der Waals surface area contributed by atoms with Crippen molar-refractivity contribution in [2.24, 2.45) is 0 Å². The zero-order valence-corrected chi connectivity index (χ0v) is 32.0. The smallest absolute Gasteiger partial charge is 0.0462 e. The molecule has 0 amide bonds. The molecule has 56 heavy (non-hydrogen) atoms. The van der Waals surface area contributed by atoms with Crippen LogP contribution >= 0.6 is 0 Å². The summed E-state index contributed by atoms with van der Waals surface area (Å²) >= 11 is 0. The molecule has 0 aromatic heterocycles. The highest BCUT2D eigenvalue weighted by atomic mass is 15.1. The third-order valence-electron chi connectivity index (χ3n) is 11.8. The van der Waals surface area contributed by atoms with Crippen molar-refractivity contribution in [3.05, 3.63) is 223 Å². The predicted octanol–water partition coefficient (Wildman–Crippen LogP) is 15.3. The van der Waals surface area contributed by atoms with Crippen LogP contribution in [0.2, 0.25) is 0 Å². The quantitative estimate of drug-likeness (QED) is 0.139. The Labute approximate surface area is 332 Å². The normalized spacial score (nSPS) is 14.8. The Hall–Kier alpha value is -6.38. The SMILES string of the molecule is C1=CC(c2ccc(N(c3ccccc3)c3ccc(C4(c5ccc(N(c6ccccc6)c6ccc(-c7ccccc7)cc6)cc5)CCCCC4)cc3)cc2)=CCC1. The number of allylic oxidation sites excluding steroid dienone is 4. The van der Waals surface area contributed by atoms with E-state index in [2.05, 4.69) is 216 Å². The van der Waals surface area contributed by atoms with Crippen molar-refractivity contribution >= 4 is 39.7 Å². The van der Waals surface area contributed by atoms with Gasteiger partial charge in [0, 0.05) is 39.5 Å². The number of anilines is 6. The molecule has 0 spiro atoms. The highest BCUT2D eigenvalue weighted by molar-refractivity contribution is 5.81. The Kier molecular flexibility index (Phi) is 10.2. The fraction of sp³-hybridized carbons (Fsp3) is 0.148. The maximum atomic E-state index is 2.40. The van der Waals surface area contributed by atoms with Gasteiger partial charge in [-0.05, 0) is 132 Å². The van der Waals surface area contributed by atoms with Crippen LogP contribution in [-0.2, 0) is 5.41 Å². The van der Waals surface area contributed by atoms with Crippen molar-refractivity contribution in [3.63, 3.8) is 0 Å². The molecule has 2 heteroatoms. The highest BCUT2D eigenvalue weighted by Crippen LogP contribution is 2.47. The molecule has 0 radical (unpaired) electrons. The summed E-state index contributed by atoms with van der Waals surface area (Å²) in [7, 11) is 0. The molecule has 2 aliphatic carbocycles. The number of nitrogens with zero attached hydrogens (tertiary/aromatic N) is 2. The lowest BCUT2D eigenvalue weighted by Crippen LogP contribution is -2.30. The van der Waals surface area contributed by atoms with Gasteiger partial charge >= 0.3 is 0 Å². The lowest BCUT2D eigenvalue weighted by atomic mass is 9.65. The molecule has 9 rings (SSSR count). The Morgan fingerprint density at radius 3 is 1.18 bits per heavy atom. The summed E-state index contributed by atoms with van der Waals surface area (Å²) in [5.74, 6) is 0. The maximum Gasteiger partial charge on any atom is 0.0462 e. The van der Waals surface area contributed by atoms with Gasteiger partial charge in [-0.3, -0.25) is 0 Å². The molecular formula is C54H48N2. The minimum absolute atomic E-state index is 0.0231. The Morgan fingerprint density at radius 1 is 0.339 bits per heavy atom. The van der Waals surface area contributed by atoms with E-state index in [0.29, 0.717) is 0 Å². The summed E-state index contributed by atoms with van der Waals surface area (Å²) in [6.45, 7) is 0. The summed E-state index contributed by atoms with van der Waals surface area (Å²) in [6.07, 6.45) is 15.2. The second-order valence-electron chi connectivity index (χ2n) is 15.2. The van der Waals surface area contributed by atoms with Gasteiger partial charge in [0.05, 0.1) is 0 Å². The van der Waals surface area contributed by atoms with Crippen LogP contribution in [0.3, 0.4) is 0 Å². The van der Waals surface area contributed by atoms with Crippen LogP contribution in [0.25, 0.3) is 16.7 Å². The van der Waals surface area contributed by atoms with Crippen LogP contribution < -0.4 is 9.80 Å². The van der Waals surface area contributed by atoms with E-state index in [1.165, 1.54) is 58.3 Å². The summed E-state index contributed by atoms with van der Waals surface area (Å²) in [5, 5.41) is 0. The fourth-order valence-corrected chi connectivity index (χ4v) is 8.87. The van der Waals surface area contributed by atoms with E-state index in [0.717, 1.165) is 54.1 Å². The molecule has 7 aromatic carbocycles. The standard InChI is InChI=1S/C54H48N2/c1-6-16-42(17-7-1)44-24-32-50(33-25-44)55(48-20-10-3-11-21-48)52-36-28-46(29-37-52)54(40-14-5-15-41-54)47-30-38-53(39-31-47)56(49-22-12-4-13-23-49)51-34-26-45(27-35-51)43-18-8-2-9-19-43/h1,3-4,6-8,10-13,16-39H,2,5,9,14-15,40-41H2. The van der Waals surface area contributed by atoms with E-state index < -0.39 is 0 Å². The zero-order chi connectivity index (χ0) is 37.6. The minimum atomic E-state index is -0.0231. The van der Waals surface area contributed by atoms with Crippen molar-refractivity contribution < 1.29 is 0 Å². The molecule has 1 saturated carbocycles. The number of benzene rings is 7. The maximum absolute atomic E-state index is 2.40. The van der Waals surface area contributed by atoms with Crippen molar-refractivity contribution in [3.8, 4) is 11.1 Å². The number of para-hydroxylation sites is 2. The molecule has 7 aromatic rings. The number of hydrogen-bond donors (Lipinski definition) is 0. The second-order valence-corrected chi connectivity index (χ2v) is 15.2. The van der Waals surface area contributed by atoms with Gasteiger partial charge in [0.1, 0.15) is 0 Å². The van der Waals surface area contributed by atoms with Crippen molar-refractivity contribution in [1.29, 1.82) is 0 Å². The fourth-order valence-electron chi connectivity index (χ4n) is 8.87. The van der Waals surface area contributed by atoms with E-state index in [-0.39, 0.29) is 5.41 Å². The van der Waals surface area contributed by atoms with Gasteiger partial charge < -0.3 is 9.80 Å². The molecule has 0 aliphatic heterocycles. The van der Waals surface area contributed by atoms with Crippen LogP contribution in [0.4, 0.5) is 34.1 Å². The van der Waals surface area contributed by atoms with E-state index >= 15 is 0 Å². The first-order valence-electron chi connectivity index (χ1n) is 20.3. The first-order valence-corrected chi connectivity index (χ1v) is 20.3. The molecule has 2 nitrogen and oxygen atoms in total. The molecule has 0 unspecified atom stereocenters. The monoisotopic (exact) mass is 724 g/mol. The summed E-state index contributed by atoms with van der Waals surface area (Å²) in [6, 6.07) is 69.0. The molecule has 0 bridgehead atoms. The van der Waals surface area contributed by atoms with Crippen LogP contribution in [-0.4, -0.2) is 0 Å². The Balaban J connectivity index is 1.04. The Morgan fingerprint density at radius 2 is 0.732 bits per heavy atom. The lowest BCUT2D eigenvalue weighted by Gasteiger charge is -2.39. The number of rotatable bonds is 10. The average Bonchev–Trinajstić information content (AvgIpc) is 3.29. The molecule has 0 saturated heterocycles. The third-order valence-corrected chi connectivity index (χ3v) is 11.8. The van der Waals surface area contributed by atoms with Crippen molar-refractivity contribution in [1.82, 2.24) is 0 Å². The first kappa shape index (κ1) is 35.3. The summed E-state index contributed by atoms with van der Waals surface area (Å²) in [4.78, 5) is 4.75. The number of hydrogen-bond acceptors (Lipinski definition) is 2.